The Bertz CT molecular complexity index is 743. The minimum Gasteiger partial charge on any atom is -0.297 e. The Labute approximate surface area is 135 Å². The summed E-state index contributed by atoms with van der Waals surface area (Å²) in [7, 11) is 0. The van der Waals surface area contributed by atoms with Gasteiger partial charge in [0.05, 0.1) is 6.54 Å². The maximum Gasteiger partial charge on any atom is 0.273 e. The average molecular weight is 332 g/mol. The maximum absolute atomic E-state index is 12.9. The van der Waals surface area contributed by atoms with E-state index < -0.39 is 0 Å². The lowest BCUT2D eigenvalue weighted by Crippen LogP contribution is -2.36. The quantitative estimate of drug-likeness (QED) is 0.934. The van der Waals surface area contributed by atoms with Crippen molar-refractivity contribution in [2.75, 3.05) is 5.32 Å². The van der Waals surface area contributed by atoms with Crippen LogP contribution >= 0.6 is 11.3 Å². The first kappa shape index (κ1) is 15.3. The van der Waals surface area contributed by atoms with Crippen molar-refractivity contribution in [2.24, 2.45) is 5.10 Å². The van der Waals surface area contributed by atoms with E-state index >= 15 is 0 Å². The number of carbonyl (C=O) groups is 2. The monoisotopic (exact) mass is 332 g/mol. The zero-order chi connectivity index (χ0) is 16.2. The van der Waals surface area contributed by atoms with Crippen molar-refractivity contribution in [1.29, 1.82) is 0 Å². The number of benzene rings is 1. The zero-order valence-electron chi connectivity index (χ0n) is 12.0. The molecule has 1 aliphatic rings. The fraction of sp³-hybridized carbons (Fsp3) is 0.200. The molecule has 0 atom stereocenters. The summed E-state index contributed by atoms with van der Waals surface area (Å²) in [6.45, 7) is 0.202. The minimum absolute atomic E-state index is 0.167. The smallest absolute Gasteiger partial charge is 0.273 e. The van der Waals surface area contributed by atoms with Crippen molar-refractivity contribution in [2.45, 2.75) is 19.4 Å². The number of rotatable bonds is 4. The zero-order valence-corrected chi connectivity index (χ0v) is 12.8. The van der Waals surface area contributed by atoms with Gasteiger partial charge in [0.15, 0.2) is 5.13 Å². The molecule has 0 unspecified atom stereocenters. The van der Waals surface area contributed by atoms with Crippen LogP contribution in [0.5, 0.6) is 0 Å². The molecule has 0 aliphatic carbocycles. The number of anilines is 1. The van der Waals surface area contributed by atoms with Gasteiger partial charge in [-0.3, -0.25) is 14.9 Å². The predicted octanol–water partition coefficient (Wildman–Crippen LogP) is 2.40. The molecule has 3 rings (SSSR count). The van der Waals surface area contributed by atoms with E-state index in [2.05, 4.69) is 15.4 Å². The number of aromatic nitrogens is 1. The Morgan fingerprint density at radius 2 is 2.09 bits per heavy atom. The van der Waals surface area contributed by atoms with Crippen LogP contribution in [0.15, 0.2) is 40.9 Å². The van der Waals surface area contributed by atoms with Crippen LogP contribution in [-0.4, -0.2) is 27.5 Å². The summed E-state index contributed by atoms with van der Waals surface area (Å²) in [4.78, 5) is 28.1. The highest BCUT2D eigenvalue weighted by molar-refractivity contribution is 7.13. The maximum atomic E-state index is 12.9. The van der Waals surface area contributed by atoms with E-state index in [0.29, 0.717) is 5.13 Å². The Morgan fingerprint density at radius 3 is 2.78 bits per heavy atom. The molecular formula is C15H13FN4O2S. The minimum atomic E-state index is -0.364. The molecule has 23 heavy (non-hydrogen) atoms. The Morgan fingerprint density at radius 1 is 1.30 bits per heavy atom. The van der Waals surface area contributed by atoms with Crippen LogP contribution in [0, 0.1) is 5.82 Å². The molecule has 0 spiro atoms. The highest BCUT2D eigenvalue weighted by Crippen LogP contribution is 2.16. The molecule has 0 saturated carbocycles. The summed E-state index contributed by atoms with van der Waals surface area (Å²) < 4.78 is 12.9. The van der Waals surface area contributed by atoms with Crippen molar-refractivity contribution >= 4 is 34.0 Å². The van der Waals surface area contributed by atoms with E-state index in [1.165, 1.54) is 28.5 Å². The van der Waals surface area contributed by atoms with Gasteiger partial charge in [-0.05, 0) is 17.7 Å². The summed E-state index contributed by atoms with van der Waals surface area (Å²) in [5.74, 6) is -0.873. The summed E-state index contributed by atoms with van der Waals surface area (Å²) >= 11 is 1.31. The van der Waals surface area contributed by atoms with Crippen LogP contribution < -0.4 is 5.32 Å². The second-order valence-electron chi connectivity index (χ2n) is 4.92. The van der Waals surface area contributed by atoms with E-state index in [4.69, 9.17) is 0 Å². The normalized spacial score (nSPS) is 14.6. The van der Waals surface area contributed by atoms with Crippen molar-refractivity contribution in [3.05, 3.63) is 47.2 Å². The first-order chi connectivity index (χ1) is 11.1. The van der Waals surface area contributed by atoms with E-state index in [1.54, 1.807) is 23.7 Å². The Balaban J connectivity index is 1.72. The van der Waals surface area contributed by atoms with E-state index in [0.717, 1.165) is 5.56 Å². The predicted molar refractivity (Wildman–Crippen MR) is 84.4 cm³/mol. The van der Waals surface area contributed by atoms with Gasteiger partial charge in [-0.2, -0.15) is 5.10 Å². The summed E-state index contributed by atoms with van der Waals surface area (Å²) in [5.41, 5.74) is 1.02. The highest BCUT2D eigenvalue weighted by Gasteiger charge is 2.24. The summed E-state index contributed by atoms with van der Waals surface area (Å²) in [6.07, 6.45) is 2.09. The molecule has 1 aromatic carbocycles. The van der Waals surface area contributed by atoms with Crippen molar-refractivity contribution < 1.29 is 14.0 Å². The second kappa shape index (κ2) is 6.66. The molecular weight excluding hydrogens is 319 g/mol. The van der Waals surface area contributed by atoms with Gasteiger partial charge in [-0.1, -0.05) is 12.1 Å². The molecule has 0 saturated heterocycles. The number of nitrogens with one attached hydrogen (secondary N) is 1. The third kappa shape index (κ3) is 3.78. The number of nitrogens with zero attached hydrogens (tertiary/aromatic N) is 3. The molecule has 2 heterocycles. The molecule has 1 N–H and O–H groups in total. The van der Waals surface area contributed by atoms with E-state index in [9.17, 15) is 14.0 Å². The van der Waals surface area contributed by atoms with Crippen LogP contribution in [0.3, 0.4) is 0 Å². The van der Waals surface area contributed by atoms with Crippen molar-refractivity contribution in [3.8, 4) is 0 Å². The van der Waals surface area contributed by atoms with E-state index in [-0.39, 0.29) is 42.7 Å². The Hall–Kier alpha value is -2.61. The van der Waals surface area contributed by atoms with Gasteiger partial charge in [0.25, 0.3) is 5.91 Å². The van der Waals surface area contributed by atoms with Gasteiger partial charge < -0.3 is 0 Å². The number of halogens is 1. The molecule has 0 radical (unpaired) electrons. The van der Waals surface area contributed by atoms with Crippen LogP contribution in [0.1, 0.15) is 18.4 Å². The van der Waals surface area contributed by atoms with Gasteiger partial charge in [0.2, 0.25) is 5.91 Å². The molecule has 1 aromatic heterocycles. The molecule has 1 aliphatic heterocycles. The van der Waals surface area contributed by atoms with Crippen LogP contribution in [-0.2, 0) is 16.1 Å². The van der Waals surface area contributed by atoms with Gasteiger partial charge in [-0.15, -0.1) is 11.3 Å². The topological polar surface area (TPSA) is 74.7 Å². The second-order valence-corrected chi connectivity index (χ2v) is 5.81. The number of hydrazone groups is 1. The van der Waals surface area contributed by atoms with Gasteiger partial charge in [0.1, 0.15) is 11.5 Å². The fourth-order valence-corrected chi connectivity index (χ4v) is 2.63. The highest BCUT2D eigenvalue weighted by atomic mass is 32.1. The molecule has 0 bridgehead atoms. The third-order valence-corrected chi connectivity index (χ3v) is 3.95. The van der Waals surface area contributed by atoms with E-state index in [1.807, 2.05) is 0 Å². The SMILES string of the molecule is O=C(Nc1nccs1)C1=NN(Cc2ccc(F)cc2)C(=O)CC1. The third-order valence-electron chi connectivity index (χ3n) is 3.27. The summed E-state index contributed by atoms with van der Waals surface area (Å²) in [6, 6.07) is 5.82. The van der Waals surface area contributed by atoms with Crippen LogP contribution in [0.4, 0.5) is 9.52 Å². The lowest BCUT2D eigenvalue weighted by Gasteiger charge is -2.23. The van der Waals surface area contributed by atoms with Crippen LogP contribution in [0.25, 0.3) is 0 Å². The molecule has 2 amide bonds. The van der Waals surface area contributed by atoms with Gasteiger partial charge in [0, 0.05) is 24.4 Å². The largest absolute Gasteiger partial charge is 0.297 e. The number of carbonyl (C=O) groups excluding carboxylic acids is 2. The molecule has 118 valence electrons. The molecule has 8 heteroatoms. The van der Waals surface area contributed by atoms with Crippen molar-refractivity contribution in [1.82, 2.24) is 9.99 Å². The number of hydrogen-bond donors (Lipinski definition) is 1. The lowest BCUT2D eigenvalue weighted by molar-refractivity contribution is -0.132. The summed E-state index contributed by atoms with van der Waals surface area (Å²) in [5, 5.41) is 10.3. The first-order valence-electron chi connectivity index (χ1n) is 6.95. The average Bonchev–Trinajstić information content (AvgIpc) is 3.04. The van der Waals surface area contributed by atoms with Crippen molar-refractivity contribution in [3.63, 3.8) is 0 Å². The molecule has 6 nitrogen and oxygen atoms in total. The first-order valence-corrected chi connectivity index (χ1v) is 7.83. The Kier molecular flexibility index (Phi) is 4.42. The number of amides is 2. The molecule has 0 fully saturated rings. The molecule has 2 aromatic rings. The van der Waals surface area contributed by atoms with Crippen LogP contribution in [0.2, 0.25) is 0 Å². The number of hydrogen-bond acceptors (Lipinski definition) is 5. The standard InChI is InChI=1S/C15H13FN4O2S/c16-11-3-1-10(2-4-11)9-20-13(21)6-5-12(19-20)14(22)18-15-17-7-8-23-15/h1-4,7-8H,5-6,9H2,(H,17,18,22). The van der Waals surface area contributed by atoms with Gasteiger partial charge in [-0.25, -0.2) is 14.4 Å². The fourth-order valence-electron chi connectivity index (χ4n) is 2.11. The number of thiazole rings is 1. The van der Waals surface area contributed by atoms with Gasteiger partial charge >= 0.3 is 0 Å². The lowest BCUT2D eigenvalue weighted by atomic mass is 10.1.